The van der Waals surface area contributed by atoms with Crippen molar-refractivity contribution in [3.63, 3.8) is 0 Å². The molecule has 1 amide bonds. The molecule has 32 heavy (non-hydrogen) atoms. The van der Waals surface area contributed by atoms with Gasteiger partial charge in [-0.2, -0.15) is 5.10 Å². The van der Waals surface area contributed by atoms with Gasteiger partial charge in [0.25, 0.3) is 5.91 Å². The molecule has 1 saturated heterocycles. The van der Waals surface area contributed by atoms with Gasteiger partial charge >= 0.3 is 0 Å². The zero-order valence-corrected chi connectivity index (χ0v) is 19.9. The molecule has 168 valence electrons. The highest BCUT2D eigenvalue weighted by Gasteiger charge is 2.27. The number of fused-ring (bicyclic) bond motifs is 3. The third-order valence-electron chi connectivity index (χ3n) is 6.73. The number of para-hydroxylation sites is 1. The van der Waals surface area contributed by atoms with Gasteiger partial charge in [0.05, 0.1) is 22.0 Å². The van der Waals surface area contributed by atoms with Gasteiger partial charge in [-0.15, -0.1) is 11.3 Å². The number of amides is 1. The number of benzene rings is 1. The predicted molar refractivity (Wildman–Crippen MR) is 131 cm³/mol. The van der Waals surface area contributed by atoms with Gasteiger partial charge in [0.15, 0.2) is 0 Å². The van der Waals surface area contributed by atoms with Crippen LogP contribution in [0.15, 0.2) is 36.4 Å². The van der Waals surface area contributed by atoms with Crippen molar-refractivity contribution in [3.8, 4) is 16.1 Å². The number of aryl methyl sites for hydroxylation is 2. The van der Waals surface area contributed by atoms with Crippen molar-refractivity contribution >= 4 is 17.2 Å². The normalized spacial score (nSPS) is 18.2. The lowest BCUT2D eigenvalue weighted by Crippen LogP contribution is -2.36. The summed E-state index contributed by atoms with van der Waals surface area (Å²) in [5.74, 6) is 0.862. The average Bonchev–Trinajstić information content (AvgIpc) is 3.38. The van der Waals surface area contributed by atoms with Gasteiger partial charge in [0, 0.05) is 23.5 Å². The summed E-state index contributed by atoms with van der Waals surface area (Å²) in [5, 5.41) is 8.00. The number of carbonyl (C=O) groups excluding carboxylic acids is 1. The molecule has 0 saturated carbocycles. The lowest BCUT2D eigenvalue weighted by Gasteiger charge is -2.30. The molecule has 5 rings (SSSR count). The minimum atomic E-state index is 0.0612. The van der Waals surface area contributed by atoms with Crippen LogP contribution < -0.4 is 5.32 Å². The quantitative estimate of drug-likeness (QED) is 0.548. The monoisotopic (exact) mass is 448 g/mol. The fourth-order valence-corrected chi connectivity index (χ4v) is 6.40. The number of nitrogens with one attached hydrogen (secondary N) is 1. The first-order valence-corrected chi connectivity index (χ1v) is 12.7. The highest BCUT2D eigenvalue weighted by atomic mass is 32.1. The van der Waals surface area contributed by atoms with E-state index in [4.69, 9.17) is 5.10 Å². The Morgan fingerprint density at radius 2 is 2.09 bits per heavy atom. The van der Waals surface area contributed by atoms with Crippen molar-refractivity contribution in [1.82, 2.24) is 20.0 Å². The van der Waals surface area contributed by atoms with Crippen LogP contribution >= 0.6 is 11.3 Å². The minimum Gasteiger partial charge on any atom is -0.351 e. The Hall–Kier alpha value is -2.44. The molecule has 1 fully saturated rings. The first-order chi connectivity index (χ1) is 15.6. The maximum atomic E-state index is 12.9. The minimum absolute atomic E-state index is 0.0612. The standard InChI is InChI=1S/C26H32N4OS/c1-18-8-6-14-29(17-18)15-7-13-27-26(31)23-16-20-11-12-22-24(25(20)32-23)19(2)28-30(22)21-9-4-3-5-10-21/h3-5,9-10,16,18H,6-8,11-15,17H2,1-2H3,(H,27,31). The van der Waals surface area contributed by atoms with Crippen molar-refractivity contribution in [2.24, 2.45) is 5.92 Å². The van der Waals surface area contributed by atoms with E-state index in [1.807, 2.05) is 18.2 Å². The summed E-state index contributed by atoms with van der Waals surface area (Å²) in [6.45, 7) is 8.63. The molecular formula is C26H32N4OS. The van der Waals surface area contributed by atoms with E-state index in [0.717, 1.165) is 54.5 Å². The zero-order chi connectivity index (χ0) is 22.1. The van der Waals surface area contributed by atoms with Crippen molar-refractivity contribution in [2.75, 3.05) is 26.2 Å². The summed E-state index contributed by atoms with van der Waals surface area (Å²) in [7, 11) is 0. The van der Waals surface area contributed by atoms with E-state index in [2.05, 4.69) is 46.9 Å². The molecule has 1 atom stereocenters. The third-order valence-corrected chi connectivity index (χ3v) is 7.92. The molecule has 3 heterocycles. The summed E-state index contributed by atoms with van der Waals surface area (Å²) < 4.78 is 2.08. The van der Waals surface area contributed by atoms with Crippen LogP contribution in [-0.4, -0.2) is 46.8 Å². The summed E-state index contributed by atoms with van der Waals surface area (Å²) >= 11 is 1.62. The van der Waals surface area contributed by atoms with E-state index in [0.29, 0.717) is 0 Å². The van der Waals surface area contributed by atoms with Crippen LogP contribution in [0.5, 0.6) is 0 Å². The smallest absolute Gasteiger partial charge is 0.261 e. The number of hydrogen-bond acceptors (Lipinski definition) is 4. The number of likely N-dealkylation sites (tertiary alicyclic amines) is 1. The van der Waals surface area contributed by atoms with Crippen molar-refractivity contribution in [1.29, 1.82) is 0 Å². The maximum absolute atomic E-state index is 12.9. The SMILES string of the molecule is Cc1nn(-c2ccccc2)c2c1-c1sc(C(=O)NCCCN3CCCC(C)C3)cc1CC2. The Morgan fingerprint density at radius 1 is 1.25 bits per heavy atom. The molecular weight excluding hydrogens is 416 g/mol. The van der Waals surface area contributed by atoms with E-state index in [1.165, 1.54) is 47.6 Å². The molecule has 2 aromatic heterocycles. The van der Waals surface area contributed by atoms with E-state index >= 15 is 0 Å². The Bertz CT molecular complexity index is 1100. The molecule has 0 radical (unpaired) electrons. The van der Waals surface area contributed by atoms with Crippen molar-refractivity contribution < 1.29 is 4.79 Å². The van der Waals surface area contributed by atoms with Crippen LogP contribution in [0, 0.1) is 12.8 Å². The number of thiophene rings is 1. The van der Waals surface area contributed by atoms with E-state index < -0.39 is 0 Å². The van der Waals surface area contributed by atoms with Crippen molar-refractivity contribution in [2.45, 2.75) is 46.0 Å². The number of carbonyl (C=O) groups is 1. The zero-order valence-electron chi connectivity index (χ0n) is 19.1. The molecule has 2 aliphatic rings. The van der Waals surface area contributed by atoms with E-state index in [9.17, 15) is 4.79 Å². The van der Waals surface area contributed by atoms with E-state index in [1.54, 1.807) is 11.3 Å². The molecule has 3 aromatic rings. The topological polar surface area (TPSA) is 50.2 Å². The van der Waals surface area contributed by atoms with Crippen LogP contribution in [0.3, 0.4) is 0 Å². The van der Waals surface area contributed by atoms with Crippen LogP contribution in [0.1, 0.15) is 52.8 Å². The third kappa shape index (κ3) is 4.26. The first-order valence-electron chi connectivity index (χ1n) is 11.9. The van der Waals surface area contributed by atoms with Crippen LogP contribution in [-0.2, 0) is 12.8 Å². The molecule has 6 heteroatoms. The number of hydrogen-bond donors (Lipinski definition) is 1. The molecule has 1 N–H and O–H groups in total. The Kier molecular flexibility index (Phi) is 6.15. The second-order valence-corrected chi connectivity index (χ2v) is 10.3. The Labute approximate surface area is 194 Å². The highest BCUT2D eigenvalue weighted by molar-refractivity contribution is 7.17. The molecule has 1 aliphatic carbocycles. The summed E-state index contributed by atoms with van der Waals surface area (Å²) in [6.07, 6.45) is 5.57. The van der Waals surface area contributed by atoms with Crippen LogP contribution in [0.4, 0.5) is 0 Å². The number of aromatic nitrogens is 2. The van der Waals surface area contributed by atoms with Crippen LogP contribution in [0.2, 0.25) is 0 Å². The van der Waals surface area contributed by atoms with Crippen molar-refractivity contribution in [3.05, 3.63) is 58.2 Å². The molecule has 5 nitrogen and oxygen atoms in total. The average molecular weight is 449 g/mol. The fraction of sp³-hybridized carbons (Fsp3) is 0.462. The van der Waals surface area contributed by atoms with E-state index in [-0.39, 0.29) is 5.91 Å². The summed E-state index contributed by atoms with van der Waals surface area (Å²) in [6, 6.07) is 12.4. The van der Waals surface area contributed by atoms with Gasteiger partial charge in [-0.05, 0) is 81.8 Å². The lowest BCUT2D eigenvalue weighted by atomic mass is 9.95. The second kappa shape index (κ2) is 9.20. The predicted octanol–water partition coefficient (Wildman–Crippen LogP) is 4.86. The fourth-order valence-electron chi connectivity index (χ4n) is 5.16. The first kappa shape index (κ1) is 21.4. The van der Waals surface area contributed by atoms with Gasteiger partial charge in [0.2, 0.25) is 0 Å². The molecule has 1 aliphatic heterocycles. The van der Waals surface area contributed by atoms with Gasteiger partial charge in [-0.3, -0.25) is 4.79 Å². The van der Waals surface area contributed by atoms with Gasteiger partial charge in [-0.1, -0.05) is 25.1 Å². The molecule has 0 spiro atoms. The number of rotatable bonds is 6. The summed E-state index contributed by atoms with van der Waals surface area (Å²) in [4.78, 5) is 17.4. The maximum Gasteiger partial charge on any atom is 0.261 e. The molecule has 0 bridgehead atoms. The highest BCUT2D eigenvalue weighted by Crippen LogP contribution is 2.42. The summed E-state index contributed by atoms with van der Waals surface area (Å²) in [5.41, 5.74) is 5.89. The van der Waals surface area contributed by atoms with Gasteiger partial charge in [-0.25, -0.2) is 4.68 Å². The van der Waals surface area contributed by atoms with Gasteiger partial charge < -0.3 is 10.2 Å². The van der Waals surface area contributed by atoms with Crippen LogP contribution in [0.25, 0.3) is 16.1 Å². The Morgan fingerprint density at radius 3 is 2.91 bits per heavy atom. The Balaban J connectivity index is 1.26. The van der Waals surface area contributed by atoms with Gasteiger partial charge in [0.1, 0.15) is 0 Å². The second-order valence-electron chi connectivity index (χ2n) is 9.28. The number of nitrogens with zero attached hydrogens (tertiary/aromatic N) is 3. The molecule has 1 aromatic carbocycles. The molecule has 1 unspecified atom stereocenters. The largest absolute Gasteiger partial charge is 0.351 e. The lowest BCUT2D eigenvalue weighted by molar-refractivity contribution is 0.0954. The number of piperidine rings is 1.